The molecule has 0 amide bonds. The van der Waals surface area contributed by atoms with Gasteiger partial charge < -0.3 is 4.74 Å². The van der Waals surface area contributed by atoms with Gasteiger partial charge in [-0.05, 0) is 44.1 Å². The summed E-state index contributed by atoms with van der Waals surface area (Å²) in [5, 5.41) is 0. The van der Waals surface area contributed by atoms with Crippen LogP contribution in [0.15, 0.2) is 22.8 Å². The van der Waals surface area contributed by atoms with Crippen molar-refractivity contribution in [1.82, 2.24) is 0 Å². The molecule has 0 radical (unpaired) electrons. The summed E-state index contributed by atoms with van der Waals surface area (Å²) in [6.07, 6.45) is 6.90. The van der Waals surface area contributed by atoms with Crippen molar-refractivity contribution in [2.24, 2.45) is 5.92 Å². The predicted octanol–water partition coefficient (Wildman–Crippen LogP) is 4.16. The first-order valence-corrected chi connectivity index (χ1v) is 7.11. The molecule has 0 bridgehead atoms. The van der Waals surface area contributed by atoms with E-state index in [1.54, 1.807) is 6.08 Å². The molecule has 1 aliphatic heterocycles. The molecular weight excluding hydrogens is 224 g/mol. The molecule has 18 heavy (non-hydrogen) atoms. The van der Waals surface area contributed by atoms with E-state index in [2.05, 4.69) is 20.8 Å². The quantitative estimate of drug-likeness (QED) is 0.541. The van der Waals surface area contributed by atoms with Crippen molar-refractivity contribution >= 4 is 5.97 Å². The maximum atomic E-state index is 11.8. The minimum absolute atomic E-state index is 0.158. The van der Waals surface area contributed by atoms with E-state index >= 15 is 0 Å². The van der Waals surface area contributed by atoms with E-state index in [1.807, 2.05) is 6.92 Å². The van der Waals surface area contributed by atoms with Gasteiger partial charge in [-0.2, -0.15) is 0 Å². The molecule has 0 saturated carbocycles. The molecule has 1 aliphatic carbocycles. The smallest absolute Gasteiger partial charge is 0.331 e. The SMILES string of the molecule is CCC1=C(C(C)C)[C@]2(CCC1)CC(C)=CC(=O)O2. The van der Waals surface area contributed by atoms with Crippen LogP contribution in [-0.2, 0) is 9.53 Å². The first-order valence-electron chi connectivity index (χ1n) is 7.11. The minimum atomic E-state index is -0.326. The number of hydrogen-bond donors (Lipinski definition) is 0. The number of carbonyl (C=O) groups is 1. The lowest BCUT2D eigenvalue weighted by Gasteiger charge is -2.44. The van der Waals surface area contributed by atoms with Crippen LogP contribution in [0, 0.1) is 5.92 Å². The topological polar surface area (TPSA) is 26.3 Å². The Morgan fingerprint density at radius 1 is 1.44 bits per heavy atom. The Labute approximate surface area is 110 Å². The molecule has 1 spiro atoms. The lowest BCUT2D eigenvalue weighted by Crippen LogP contribution is -2.43. The summed E-state index contributed by atoms with van der Waals surface area (Å²) in [7, 11) is 0. The third-order valence-electron chi connectivity index (χ3n) is 4.16. The molecule has 0 unspecified atom stereocenters. The van der Waals surface area contributed by atoms with Crippen molar-refractivity contribution in [3.8, 4) is 0 Å². The molecule has 0 aromatic carbocycles. The van der Waals surface area contributed by atoms with Crippen LogP contribution < -0.4 is 0 Å². The minimum Gasteiger partial charge on any atom is -0.451 e. The second kappa shape index (κ2) is 4.91. The Bertz CT molecular complexity index is 415. The van der Waals surface area contributed by atoms with Crippen molar-refractivity contribution in [1.29, 1.82) is 0 Å². The van der Waals surface area contributed by atoms with Crippen LogP contribution >= 0.6 is 0 Å². The molecular formula is C16H24O2. The van der Waals surface area contributed by atoms with Crippen molar-refractivity contribution in [3.63, 3.8) is 0 Å². The summed E-state index contributed by atoms with van der Waals surface area (Å²) in [6, 6.07) is 0. The van der Waals surface area contributed by atoms with Crippen molar-refractivity contribution in [2.45, 2.75) is 65.4 Å². The molecule has 0 aromatic heterocycles. The Morgan fingerprint density at radius 3 is 2.72 bits per heavy atom. The van der Waals surface area contributed by atoms with Gasteiger partial charge >= 0.3 is 5.97 Å². The summed E-state index contributed by atoms with van der Waals surface area (Å²) < 4.78 is 5.82. The van der Waals surface area contributed by atoms with E-state index in [0.29, 0.717) is 5.92 Å². The standard InChI is InChI=1S/C16H24O2/c1-5-13-7-6-8-16(15(13)11(2)3)10-12(4)9-14(17)18-16/h9,11H,5-8,10H2,1-4H3/t16-/m0/s1. The van der Waals surface area contributed by atoms with Gasteiger partial charge in [0.2, 0.25) is 0 Å². The Balaban J connectivity index is 2.48. The summed E-state index contributed by atoms with van der Waals surface area (Å²) >= 11 is 0. The molecule has 0 saturated heterocycles. The average molecular weight is 248 g/mol. The molecule has 100 valence electrons. The highest BCUT2D eigenvalue weighted by Gasteiger charge is 2.44. The van der Waals surface area contributed by atoms with Gasteiger partial charge in [0, 0.05) is 12.5 Å². The van der Waals surface area contributed by atoms with E-state index < -0.39 is 0 Å². The molecule has 1 heterocycles. The van der Waals surface area contributed by atoms with Crippen LogP contribution in [-0.4, -0.2) is 11.6 Å². The highest BCUT2D eigenvalue weighted by molar-refractivity contribution is 5.84. The maximum Gasteiger partial charge on any atom is 0.331 e. The van der Waals surface area contributed by atoms with Gasteiger partial charge in [0.05, 0.1) is 0 Å². The van der Waals surface area contributed by atoms with Gasteiger partial charge in [0.15, 0.2) is 0 Å². The molecule has 0 fully saturated rings. The van der Waals surface area contributed by atoms with Gasteiger partial charge in [-0.15, -0.1) is 0 Å². The average Bonchev–Trinajstić information content (AvgIpc) is 2.26. The number of hydrogen-bond acceptors (Lipinski definition) is 2. The maximum absolute atomic E-state index is 11.8. The van der Waals surface area contributed by atoms with Crippen LogP contribution in [0.25, 0.3) is 0 Å². The molecule has 0 N–H and O–H groups in total. The Hall–Kier alpha value is -1.05. The molecule has 2 rings (SSSR count). The third-order valence-corrected chi connectivity index (χ3v) is 4.16. The van der Waals surface area contributed by atoms with E-state index in [1.165, 1.54) is 17.6 Å². The van der Waals surface area contributed by atoms with Gasteiger partial charge in [-0.25, -0.2) is 4.79 Å². The summed E-state index contributed by atoms with van der Waals surface area (Å²) in [6.45, 7) is 8.70. The van der Waals surface area contributed by atoms with Crippen LogP contribution in [0.3, 0.4) is 0 Å². The second-order valence-electron chi connectivity index (χ2n) is 5.96. The zero-order valence-electron chi connectivity index (χ0n) is 12.0. The van der Waals surface area contributed by atoms with Crippen LogP contribution in [0.2, 0.25) is 0 Å². The summed E-state index contributed by atoms with van der Waals surface area (Å²) in [5.74, 6) is 0.299. The third kappa shape index (κ3) is 2.25. The molecule has 2 nitrogen and oxygen atoms in total. The molecule has 1 atom stereocenters. The lowest BCUT2D eigenvalue weighted by molar-refractivity contribution is -0.153. The van der Waals surface area contributed by atoms with E-state index in [-0.39, 0.29) is 11.6 Å². The van der Waals surface area contributed by atoms with E-state index in [4.69, 9.17) is 4.74 Å². The fourth-order valence-corrected chi connectivity index (χ4v) is 3.73. The van der Waals surface area contributed by atoms with E-state index in [0.717, 1.165) is 31.3 Å². The molecule has 0 aromatic rings. The zero-order chi connectivity index (χ0) is 13.3. The predicted molar refractivity (Wildman–Crippen MR) is 73.2 cm³/mol. The molecule has 2 aliphatic rings. The fourth-order valence-electron chi connectivity index (χ4n) is 3.73. The van der Waals surface area contributed by atoms with Gasteiger partial charge in [-0.1, -0.05) is 31.9 Å². The van der Waals surface area contributed by atoms with Crippen LogP contribution in [0.4, 0.5) is 0 Å². The van der Waals surface area contributed by atoms with Crippen LogP contribution in [0.5, 0.6) is 0 Å². The summed E-state index contributed by atoms with van der Waals surface area (Å²) in [4.78, 5) is 11.8. The number of allylic oxidation sites excluding steroid dienone is 1. The Kier molecular flexibility index (Phi) is 3.65. The highest BCUT2D eigenvalue weighted by Crippen LogP contribution is 2.46. The highest BCUT2D eigenvalue weighted by atomic mass is 16.6. The normalized spacial score (nSPS) is 28.7. The largest absolute Gasteiger partial charge is 0.451 e. The molecule has 2 heteroatoms. The number of carbonyl (C=O) groups excluding carboxylic acids is 1. The van der Waals surface area contributed by atoms with Gasteiger partial charge in [0.1, 0.15) is 5.60 Å². The van der Waals surface area contributed by atoms with Crippen molar-refractivity contribution in [3.05, 3.63) is 22.8 Å². The van der Waals surface area contributed by atoms with Crippen molar-refractivity contribution < 1.29 is 9.53 Å². The Morgan fingerprint density at radius 2 is 2.17 bits per heavy atom. The first-order chi connectivity index (χ1) is 8.48. The van der Waals surface area contributed by atoms with Gasteiger partial charge in [-0.3, -0.25) is 0 Å². The zero-order valence-corrected chi connectivity index (χ0v) is 12.0. The monoisotopic (exact) mass is 248 g/mol. The number of rotatable bonds is 2. The van der Waals surface area contributed by atoms with Crippen molar-refractivity contribution in [2.75, 3.05) is 0 Å². The number of ether oxygens (including phenoxy) is 1. The summed E-state index contributed by atoms with van der Waals surface area (Å²) in [5.41, 5.74) is 3.74. The number of esters is 1. The van der Waals surface area contributed by atoms with Gasteiger partial charge in [0.25, 0.3) is 0 Å². The van der Waals surface area contributed by atoms with E-state index in [9.17, 15) is 4.79 Å². The lowest BCUT2D eigenvalue weighted by atomic mass is 9.70. The first kappa shape index (κ1) is 13.4. The fraction of sp³-hybridized carbons (Fsp3) is 0.688. The second-order valence-corrected chi connectivity index (χ2v) is 5.96. The van der Waals surface area contributed by atoms with Crippen LogP contribution in [0.1, 0.15) is 59.8 Å².